The van der Waals surface area contributed by atoms with Gasteiger partial charge in [0.25, 0.3) is 0 Å². The van der Waals surface area contributed by atoms with Gasteiger partial charge in [0, 0.05) is 12.5 Å². The first-order chi connectivity index (χ1) is 8.99. The van der Waals surface area contributed by atoms with E-state index in [1.165, 1.54) is 6.07 Å². The van der Waals surface area contributed by atoms with Gasteiger partial charge in [0.1, 0.15) is 5.82 Å². The molecule has 0 aliphatic carbocycles. The molecule has 0 fully saturated rings. The van der Waals surface area contributed by atoms with E-state index in [-0.39, 0.29) is 31.2 Å². The van der Waals surface area contributed by atoms with Gasteiger partial charge in [0.2, 0.25) is 11.8 Å². The lowest BCUT2D eigenvalue weighted by molar-refractivity contribution is -0.124. The van der Waals surface area contributed by atoms with E-state index < -0.39 is 17.5 Å². The van der Waals surface area contributed by atoms with E-state index in [1.54, 1.807) is 0 Å². The lowest BCUT2D eigenvalue weighted by Gasteiger charge is -2.07. The zero-order valence-electron chi connectivity index (χ0n) is 10.1. The fourth-order valence-corrected chi connectivity index (χ4v) is 1.28. The Morgan fingerprint density at radius 2 is 2.05 bits per heavy atom. The summed E-state index contributed by atoms with van der Waals surface area (Å²) in [6.45, 7) is -0.112. The Morgan fingerprint density at radius 1 is 1.32 bits per heavy atom. The first-order valence-corrected chi connectivity index (χ1v) is 5.62. The van der Waals surface area contributed by atoms with Crippen molar-refractivity contribution in [2.45, 2.75) is 12.8 Å². The van der Waals surface area contributed by atoms with Crippen LogP contribution in [0.5, 0.6) is 5.75 Å². The Labute approximate surface area is 108 Å². The van der Waals surface area contributed by atoms with Gasteiger partial charge in [-0.3, -0.25) is 9.59 Å². The number of carbonyl (C=O) groups excluding carboxylic acids is 2. The van der Waals surface area contributed by atoms with Crippen LogP contribution in [-0.4, -0.2) is 25.0 Å². The number of hydrogen-bond acceptors (Lipinski definition) is 3. The first kappa shape index (κ1) is 14.9. The van der Waals surface area contributed by atoms with Crippen molar-refractivity contribution in [3.8, 4) is 5.75 Å². The van der Waals surface area contributed by atoms with Gasteiger partial charge in [-0.05, 0) is 18.6 Å². The van der Waals surface area contributed by atoms with Gasteiger partial charge in [0.15, 0.2) is 11.6 Å². The van der Waals surface area contributed by atoms with Crippen molar-refractivity contribution in [1.82, 2.24) is 5.32 Å². The zero-order valence-corrected chi connectivity index (χ0v) is 10.1. The largest absolute Gasteiger partial charge is 0.491 e. The average molecular weight is 272 g/mol. The van der Waals surface area contributed by atoms with Crippen LogP contribution in [0.15, 0.2) is 18.2 Å². The highest BCUT2D eigenvalue weighted by Gasteiger charge is 2.06. The topological polar surface area (TPSA) is 81.4 Å². The summed E-state index contributed by atoms with van der Waals surface area (Å²) in [4.78, 5) is 21.6. The van der Waals surface area contributed by atoms with Gasteiger partial charge in [-0.2, -0.15) is 0 Å². The van der Waals surface area contributed by atoms with Crippen molar-refractivity contribution in [1.29, 1.82) is 0 Å². The summed E-state index contributed by atoms with van der Waals surface area (Å²) in [6.07, 6.45) is 0.456. The van der Waals surface area contributed by atoms with Crippen molar-refractivity contribution in [2.75, 3.05) is 13.2 Å². The lowest BCUT2D eigenvalue weighted by Crippen LogP contribution is -2.33. The van der Waals surface area contributed by atoms with Crippen LogP contribution in [0.2, 0.25) is 0 Å². The molecule has 0 aliphatic rings. The molecular weight excluding hydrogens is 258 g/mol. The molecule has 0 atom stereocenters. The van der Waals surface area contributed by atoms with Crippen LogP contribution < -0.4 is 15.8 Å². The molecule has 0 heterocycles. The van der Waals surface area contributed by atoms with E-state index in [4.69, 9.17) is 10.5 Å². The Kier molecular flexibility index (Phi) is 5.72. The Morgan fingerprint density at radius 3 is 2.68 bits per heavy atom. The van der Waals surface area contributed by atoms with E-state index in [0.29, 0.717) is 6.42 Å². The SMILES string of the molecule is NC(=O)CNC(=O)CCCOc1ccc(F)cc1F. The fraction of sp³-hybridized carbons (Fsp3) is 0.333. The smallest absolute Gasteiger partial charge is 0.236 e. The molecule has 1 aromatic rings. The number of hydrogen-bond donors (Lipinski definition) is 2. The molecule has 19 heavy (non-hydrogen) atoms. The van der Waals surface area contributed by atoms with Crippen molar-refractivity contribution in [2.24, 2.45) is 5.73 Å². The van der Waals surface area contributed by atoms with Crippen LogP contribution in [-0.2, 0) is 9.59 Å². The highest BCUT2D eigenvalue weighted by molar-refractivity contribution is 5.83. The number of carbonyl (C=O) groups is 2. The van der Waals surface area contributed by atoms with Gasteiger partial charge in [-0.1, -0.05) is 0 Å². The summed E-state index contributed by atoms with van der Waals surface area (Å²) >= 11 is 0. The highest BCUT2D eigenvalue weighted by atomic mass is 19.1. The minimum absolute atomic E-state index is 0.0704. The van der Waals surface area contributed by atoms with Crippen LogP contribution in [0, 0.1) is 11.6 Å². The molecule has 0 bridgehead atoms. The lowest BCUT2D eigenvalue weighted by atomic mass is 10.3. The molecule has 2 amide bonds. The van der Waals surface area contributed by atoms with Crippen LogP contribution in [0.3, 0.4) is 0 Å². The number of ether oxygens (including phenoxy) is 1. The number of nitrogens with two attached hydrogens (primary N) is 1. The molecule has 104 valence electrons. The minimum Gasteiger partial charge on any atom is -0.491 e. The standard InChI is InChI=1S/C12H14F2N2O3/c13-8-3-4-10(9(14)6-8)19-5-1-2-12(18)16-7-11(15)17/h3-4,6H,1-2,5,7H2,(H2,15,17)(H,16,18). The predicted molar refractivity (Wildman–Crippen MR) is 63.3 cm³/mol. The van der Waals surface area contributed by atoms with Gasteiger partial charge in [-0.15, -0.1) is 0 Å². The minimum atomic E-state index is -0.793. The van der Waals surface area contributed by atoms with Crippen LogP contribution in [0.4, 0.5) is 8.78 Å². The van der Waals surface area contributed by atoms with E-state index in [1.807, 2.05) is 0 Å². The summed E-state index contributed by atoms with van der Waals surface area (Å²) in [5.74, 6) is -2.52. The normalized spacial score (nSPS) is 10.0. The maximum Gasteiger partial charge on any atom is 0.236 e. The summed E-state index contributed by atoms with van der Waals surface area (Å²) in [5, 5.41) is 2.31. The molecule has 0 radical (unpaired) electrons. The molecule has 0 saturated heterocycles. The molecule has 1 aromatic carbocycles. The zero-order chi connectivity index (χ0) is 14.3. The second-order valence-corrected chi connectivity index (χ2v) is 3.77. The first-order valence-electron chi connectivity index (χ1n) is 5.62. The van der Waals surface area contributed by atoms with E-state index in [9.17, 15) is 18.4 Å². The quantitative estimate of drug-likeness (QED) is 0.718. The number of primary amides is 1. The van der Waals surface area contributed by atoms with Gasteiger partial charge in [-0.25, -0.2) is 8.78 Å². The maximum atomic E-state index is 13.2. The molecule has 0 unspecified atom stereocenters. The second kappa shape index (κ2) is 7.30. The molecular formula is C12H14F2N2O3. The number of halogens is 2. The van der Waals surface area contributed by atoms with Gasteiger partial charge >= 0.3 is 0 Å². The fourth-order valence-electron chi connectivity index (χ4n) is 1.28. The summed E-state index contributed by atoms with van der Waals surface area (Å²) < 4.78 is 30.8. The Balaban J connectivity index is 2.23. The van der Waals surface area contributed by atoms with Crippen molar-refractivity contribution < 1.29 is 23.1 Å². The van der Waals surface area contributed by atoms with Crippen LogP contribution >= 0.6 is 0 Å². The molecule has 3 N–H and O–H groups in total. The molecule has 0 aliphatic heterocycles. The predicted octanol–water partition coefficient (Wildman–Crippen LogP) is 0.725. The molecule has 0 aromatic heterocycles. The molecule has 1 rings (SSSR count). The summed E-state index contributed by atoms with van der Waals surface area (Å²) in [7, 11) is 0. The number of benzene rings is 1. The monoisotopic (exact) mass is 272 g/mol. The summed E-state index contributed by atoms with van der Waals surface area (Å²) in [6, 6.07) is 2.98. The Bertz CT molecular complexity index is 466. The molecule has 0 spiro atoms. The van der Waals surface area contributed by atoms with E-state index in [2.05, 4.69) is 5.32 Å². The van der Waals surface area contributed by atoms with E-state index in [0.717, 1.165) is 12.1 Å². The summed E-state index contributed by atoms with van der Waals surface area (Å²) in [5.41, 5.74) is 4.85. The molecule has 5 nitrogen and oxygen atoms in total. The van der Waals surface area contributed by atoms with Crippen molar-refractivity contribution in [3.05, 3.63) is 29.8 Å². The Hall–Kier alpha value is -2.18. The van der Waals surface area contributed by atoms with Crippen LogP contribution in [0.1, 0.15) is 12.8 Å². The third-order valence-corrected chi connectivity index (χ3v) is 2.16. The van der Waals surface area contributed by atoms with Crippen molar-refractivity contribution >= 4 is 11.8 Å². The second-order valence-electron chi connectivity index (χ2n) is 3.77. The maximum absolute atomic E-state index is 13.2. The molecule has 0 saturated carbocycles. The number of rotatable bonds is 7. The molecule has 7 heteroatoms. The van der Waals surface area contributed by atoms with Gasteiger partial charge < -0.3 is 15.8 Å². The van der Waals surface area contributed by atoms with Crippen molar-refractivity contribution in [3.63, 3.8) is 0 Å². The highest BCUT2D eigenvalue weighted by Crippen LogP contribution is 2.17. The third kappa shape index (κ3) is 5.80. The number of nitrogens with one attached hydrogen (secondary N) is 1. The average Bonchev–Trinajstić information content (AvgIpc) is 2.34. The number of amides is 2. The van der Waals surface area contributed by atoms with E-state index >= 15 is 0 Å². The van der Waals surface area contributed by atoms with Gasteiger partial charge in [0.05, 0.1) is 13.2 Å². The third-order valence-electron chi connectivity index (χ3n) is 2.16. The van der Waals surface area contributed by atoms with Crippen LogP contribution in [0.25, 0.3) is 0 Å².